The van der Waals surface area contributed by atoms with E-state index in [0.717, 1.165) is 25.3 Å². The second-order valence-electron chi connectivity index (χ2n) is 4.36. The van der Waals surface area contributed by atoms with Crippen LogP contribution >= 0.6 is 0 Å². The molecule has 0 bridgehead atoms. The summed E-state index contributed by atoms with van der Waals surface area (Å²) in [4.78, 5) is 15.1. The Hall–Kier alpha value is -2.04. The Morgan fingerprint density at radius 1 is 1.37 bits per heavy atom. The quantitative estimate of drug-likeness (QED) is 0.776. The lowest BCUT2D eigenvalue weighted by molar-refractivity contribution is 0.112. The summed E-state index contributed by atoms with van der Waals surface area (Å²) in [6.07, 6.45) is 5.48. The minimum Gasteiger partial charge on any atom is -0.298 e. The third-order valence-electron chi connectivity index (χ3n) is 3.17. The summed E-state index contributed by atoms with van der Waals surface area (Å²) in [6.45, 7) is 4.15. The van der Waals surface area contributed by atoms with E-state index in [1.165, 1.54) is 12.1 Å². The molecule has 0 atom stereocenters. The average molecular weight is 261 g/mol. The lowest BCUT2D eigenvalue weighted by Crippen LogP contribution is -2.07. The number of nitrogens with zero attached hydrogens (tertiary/aromatic N) is 3. The second-order valence-corrected chi connectivity index (χ2v) is 4.36. The minimum atomic E-state index is -0.407. The molecule has 2 aromatic rings. The van der Waals surface area contributed by atoms with Gasteiger partial charge in [0.05, 0.1) is 23.5 Å². The zero-order valence-electron chi connectivity index (χ0n) is 11.0. The predicted octanol–water partition coefficient (Wildman–Crippen LogP) is 3.26. The Morgan fingerprint density at radius 3 is 2.63 bits per heavy atom. The van der Waals surface area contributed by atoms with Crippen LogP contribution in [0.1, 0.15) is 43.1 Å². The van der Waals surface area contributed by atoms with Crippen LogP contribution in [0, 0.1) is 5.82 Å². The highest BCUT2D eigenvalue weighted by molar-refractivity contribution is 5.84. The molecule has 19 heavy (non-hydrogen) atoms. The van der Waals surface area contributed by atoms with Crippen LogP contribution in [0.4, 0.5) is 4.39 Å². The van der Waals surface area contributed by atoms with Gasteiger partial charge in [-0.1, -0.05) is 13.8 Å². The summed E-state index contributed by atoms with van der Waals surface area (Å²) in [5.41, 5.74) is 1.49. The maximum absolute atomic E-state index is 12.9. The highest BCUT2D eigenvalue weighted by Gasteiger charge is 2.15. The van der Waals surface area contributed by atoms with Gasteiger partial charge in [0.2, 0.25) is 0 Å². The highest BCUT2D eigenvalue weighted by Crippen LogP contribution is 2.23. The average Bonchev–Trinajstić information content (AvgIpc) is 2.85. The highest BCUT2D eigenvalue weighted by atomic mass is 19.1. The SMILES string of the molecule is CCC(CC)n1cc(C=O)c(-c2ccc(F)cn2)n1. The number of aromatic nitrogens is 3. The Labute approximate surface area is 111 Å². The van der Waals surface area contributed by atoms with Gasteiger partial charge in [-0.15, -0.1) is 0 Å². The number of hydrogen-bond acceptors (Lipinski definition) is 3. The van der Waals surface area contributed by atoms with Crippen LogP contribution < -0.4 is 0 Å². The van der Waals surface area contributed by atoms with Gasteiger partial charge in [-0.05, 0) is 25.0 Å². The van der Waals surface area contributed by atoms with Gasteiger partial charge in [-0.3, -0.25) is 14.5 Å². The molecule has 2 rings (SSSR count). The van der Waals surface area contributed by atoms with Crippen LogP contribution in [0.5, 0.6) is 0 Å². The van der Waals surface area contributed by atoms with Crippen molar-refractivity contribution >= 4 is 6.29 Å². The molecule has 0 fully saturated rings. The number of aldehydes is 1. The lowest BCUT2D eigenvalue weighted by Gasteiger charge is -2.12. The van der Waals surface area contributed by atoms with Gasteiger partial charge < -0.3 is 0 Å². The summed E-state index contributed by atoms with van der Waals surface area (Å²) in [7, 11) is 0. The third-order valence-corrected chi connectivity index (χ3v) is 3.17. The van der Waals surface area contributed by atoms with E-state index in [4.69, 9.17) is 0 Å². The van der Waals surface area contributed by atoms with Crippen molar-refractivity contribution in [1.82, 2.24) is 14.8 Å². The topological polar surface area (TPSA) is 47.8 Å². The fourth-order valence-corrected chi connectivity index (χ4v) is 2.06. The molecular formula is C14H16FN3O. The maximum atomic E-state index is 12.9. The molecule has 2 aromatic heterocycles. The third kappa shape index (κ3) is 2.70. The summed E-state index contributed by atoms with van der Waals surface area (Å²) in [6, 6.07) is 3.10. The predicted molar refractivity (Wildman–Crippen MR) is 70.4 cm³/mol. The molecular weight excluding hydrogens is 245 g/mol. The molecule has 0 saturated heterocycles. The zero-order chi connectivity index (χ0) is 13.8. The van der Waals surface area contributed by atoms with E-state index in [9.17, 15) is 9.18 Å². The molecule has 2 heterocycles. The summed E-state index contributed by atoms with van der Waals surface area (Å²) in [5.74, 6) is -0.407. The standard InChI is InChI=1S/C14H16FN3O/c1-3-12(4-2)18-8-10(9-19)14(17-18)13-6-5-11(15)7-16-13/h5-9,12H,3-4H2,1-2H3. The molecule has 4 nitrogen and oxygen atoms in total. The first kappa shape index (κ1) is 13.4. The smallest absolute Gasteiger partial charge is 0.153 e. The molecule has 0 radical (unpaired) electrons. The fraction of sp³-hybridized carbons (Fsp3) is 0.357. The van der Waals surface area contributed by atoms with Gasteiger partial charge >= 0.3 is 0 Å². The first-order valence-corrected chi connectivity index (χ1v) is 6.35. The monoisotopic (exact) mass is 261 g/mol. The van der Waals surface area contributed by atoms with Gasteiger partial charge in [0.25, 0.3) is 0 Å². The molecule has 0 spiro atoms. The second kappa shape index (κ2) is 5.73. The van der Waals surface area contributed by atoms with E-state index in [0.29, 0.717) is 17.0 Å². The first-order valence-electron chi connectivity index (χ1n) is 6.35. The van der Waals surface area contributed by atoms with Crippen molar-refractivity contribution in [2.24, 2.45) is 0 Å². The Balaban J connectivity index is 2.45. The Morgan fingerprint density at radius 2 is 2.11 bits per heavy atom. The van der Waals surface area contributed by atoms with Gasteiger partial charge in [-0.25, -0.2) is 4.39 Å². The minimum absolute atomic E-state index is 0.257. The number of carbonyl (C=O) groups excluding carboxylic acids is 1. The molecule has 0 aliphatic carbocycles. The van der Waals surface area contributed by atoms with Crippen molar-refractivity contribution in [3.8, 4) is 11.4 Å². The summed E-state index contributed by atoms with van der Waals surface area (Å²) < 4.78 is 14.7. The summed E-state index contributed by atoms with van der Waals surface area (Å²) in [5, 5.41) is 4.42. The lowest BCUT2D eigenvalue weighted by atomic mass is 10.2. The van der Waals surface area contributed by atoms with E-state index >= 15 is 0 Å². The van der Waals surface area contributed by atoms with E-state index in [-0.39, 0.29) is 6.04 Å². The van der Waals surface area contributed by atoms with Crippen LogP contribution in [0.2, 0.25) is 0 Å². The first-order chi connectivity index (χ1) is 9.19. The van der Waals surface area contributed by atoms with E-state index < -0.39 is 5.82 Å². The van der Waals surface area contributed by atoms with Gasteiger partial charge in [0.15, 0.2) is 6.29 Å². The van der Waals surface area contributed by atoms with Crippen molar-refractivity contribution in [3.63, 3.8) is 0 Å². The molecule has 5 heteroatoms. The maximum Gasteiger partial charge on any atom is 0.153 e. The van der Waals surface area contributed by atoms with Crippen molar-refractivity contribution in [2.75, 3.05) is 0 Å². The van der Waals surface area contributed by atoms with Gasteiger partial charge in [0, 0.05) is 6.20 Å². The van der Waals surface area contributed by atoms with Crippen LogP contribution in [0.25, 0.3) is 11.4 Å². The molecule has 0 N–H and O–H groups in total. The largest absolute Gasteiger partial charge is 0.298 e. The summed E-state index contributed by atoms with van der Waals surface area (Å²) >= 11 is 0. The number of hydrogen-bond donors (Lipinski definition) is 0. The number of rotatable bonds is 5. The zero-order valence-corrected chi connectivity index (χ0v) is 11.0. The van der Waals surface area contributed by atoms with E-state index in [2.05, 4.69) is 23.9 Å². The van der Waals surface area contributed by atoms with Crippen LogP contribution in [0.15, 0.2) is 24.5 Å². The molecule has 0 amide bonds. The van der Waals surface area contributed by atoms with Gasteiger partial charge in [0.1, 0.15) is 11.5 Å². The normalized spacial score (nSPS) is 10.9. The van der Waals surface area contributed by atoms with Crippen LogP contribution in [-0.4, -0.2) is 21.1 Å². The number of pyridine rings is 1. The van der Waals surface area contributed by atoms with Crippen LogP contribution in [-0.2, 0) is 0 Å². The molecule has 0 aliphatic heterocycles. The van der Waals surface area contributed by atoms with E-state index in [1.54, 1.807) is 10.9 Å². The van der Waals surface area contributed by atoms with Crippen LogP contribution in [0.3, 0.4) is 0 Å². The van der Waals surface area contributed by atoms with Crippen molar-refractivity contribution in [1.29, 1.82) is 0 Å². The molecule has 0 aromatic carbocycles. The van der Waals surface area contributed by atoms with Crippen molar-refractivity contribution in [3.05, 3.63) is 35.9 Å². The Bertz CT molecular complexity index is 559. The molecule has 0 saturated carbocycles. The number of halogens is 1. The van der Waals surface area contributed by atoms with E-state index in [1.807, 2.05) is 0 Å². The molecule has 100 valence electrons. The molecule has 0 unspecified atom stereocenters. The Kier molecular flexibility index (Phi) is 4.04. The van der Waals surface area contributed by atoms with Crippen molar-refractivity contribution in [2.45, 2.75) is 32.7 Å². The van der Waals surface area contributed by atoms with Crippen molar-refractivity contribution < 1.29 is 9.18 Å². The number of carbonyl (C=O) groups is 1. The fourth-order valence-electron chi connectivity index (χ4n) is 2.06. The van der Waals surface area contributed by atoms with Gasteiger partial charge in [-0.2, -0.15) is 5.10 Å². The molecule has 0 aliphatic rings.